The topological polar surface area (TPSA) is 34.1 Å². The van der Waals surface area contributed by atoms with Crippen molar-refractivity contribution in [2.24, 2.45) is 0 Å². The number of hydrogen-bond donors (Lipinski definition) is 1. The van der Waals surface area contributed by atoms with E-state index in [2.05, 4.69) is 32.8 Å². The van der Waals surface area contributed by atoms with Gasteiger partial charge >= 0.3 is 0 Å². The first-order valence-corrected chi connectivity index (χ1v) is 8.24. The van der Waals surface area contributed by atoms with E-state index in [1.54, 1.807) is 7.11 Å². The minimum atomic E-state index is -0.579. The van der Waals surface area contributed by atoms with Crippen LogP contribution in [0.5, 0.6) is 5.75 Å². The van der Waals surface area contributed by atoms with E-state index in [0.29, 0.717) is 10.6 Å². The number of benzene rings is 1. The summed E-state index contributed by atoms with van der Waals surface area (Å²) in [7, 11) is 1.62. The number of nitrogens with zero attached hydrogens (tertiary/aromatic N) is 1. The Morgan fingerprint density at radius 3 is 2.74 bits per heavy atom. The number of allylic oxidation sites excluding steroid dienone is 1. The first-order valence-electron chi connectivity index (χ1n) is 7.07. The Hall–Kier alpha value is -1.59. The molecule has 1 heterocycles. The summed E-state index contributed by atoms with van der Waals surface area (Å²) >= 11 is 9.50. The van der Waals surface area contributed by atoms with Crippen molar-refractivity contribution in [3.63, 3.8) is 0 Å². The van der Waals surface area contributed by atoms with Crippen LogP contribution in [0.25, 0.3) is 0 Å². The number of halogens is 3. The smallest absolute Gasteiger partial charge is 0.227 e. The van der Waals surface area contributed by atoms with E-state index in [-0.39, 0.29) is 10.5 Å². The van der Waals surface area contributed by atoms with Crippen LogP contribution in [-0.4, -0.2) is 12.1 Å². The van der Waals surface area contributed by atoms with Crippen LogP contribution in [0.4, 0.5) is 10.1 Å². The van der Waals surface area contributed by atoms with Gasteiger partial charge in [0.1, 0.15) is 5.75 Å². The highest BCUT2D eigenvalue weighted by atomic mass is 79.9. The van der Waals surface area contributed by atoms with Gasteiger partial charge in [-0.25, -0.2) is 4.98 Å². The molecule has 0 saturated carbocycles. The molecule has 122 valence electrons. The number of hydrogen-bond acceptors (Lipinski definition) is 3. The summed E-state index contributed by atoms with van der Waals surface area (Å²) in [5.74, 6) is 0.192. The van der Waals surface area contributed by atoms with Crippen molar-refractivity contribution in [1.82, 2.24) is 4.98 Å². The van der Waals surface area contributed by atoms with Crippen LogP contribution in [-0.2, 0) is 0 Å². The van der Waals surface area contributed by atoms with Crippen molar-refractivity contribution in [2.45, 2.75) is 18.9 Å². The third-order valence-electron chi connectivity index (χ3n) is 3.40. The van der Waals surface area contributed by atoms with Gasteiger partial charge in [-0.3, -0.25) is 0 Å². The van der Waals surface area contributed by atoms with E-state index < -0.39 is 5.95 Å². The van der Waals surface area contributed by atoms with Crippen molar-refractivity contribution in [1.29, 1.82) is 0 Å². The lowest BCUT2D eigenvalue weighted by Gasteiger charge is -2.22. The summed E-state index contributed by atoms with van der Waals surface area (Å²) in [6.45, 7) is 3.74. The van der Waals surface area contributed by atoms with Crippen molar-refractivity contribution in [3.8, 4) is 5.75 Å². The van der Waals surface area contributed by atoms with Gasteiger partial charge in [0.15, 0.2) is 0 Å². The number of methoxy groups -OCH3 is 1. The van der Waals surface area contributed by atoms with E-state index >= 15 is 0 Å². The fourth-order valence-corrected chi connectivity index (χ4v) is 3.22. The van der Waals surface area contributed by atoms with Gasteiger partial charge in [-0.1, -0.05) is 17.7 Å². The Morgan fingerprint density at radius 1 is 1.43 bits per heavy atom. The summed E-state index contributed by atoms with van der Waals surface area (Å²) in [5, 5.41) is 3.79. The van der Waals surface area contributed by atoms with E-state index in [1.165, 1.54) is 6.20 Å². The second kappa shape index (κ2) is 8.31. The summed E-state index contributed by atoms with van der Waals surface area (Å²) in [6, 6.07) is 7.34. The molecule has 1 atom stereocenters. The maximum absolute atomic E-state index is 13.8. The molecule has 2 rings (SSSR count). The zero-order chi connectivity index (χ0) is 16.8. The summed E-state index contributed by atoms with van der Waals surface area (Å²) < 4.78 is 19.2. The highest BCUT2D eigenvalue weighted by Gasteiger charge is 2.21. The van der Waals surface area contributed by atoms with Crippen molar-refractivity contribution in [2.75, 3.05) is 12.4 Å². The largest absolute Gasteiger partial charge is 0.497 e. The van der Waals surface area contributed by atoms with Gasteiger partial charge in [-0.2, -0.15) is 4.39 Å². The molecule has 0 aliphatic heterocycles. The minimum absolute atomic E-state index is 0.180. The van der Waals surface area contributed by atoms with Gasteiger partial charge in [0.25, 0.3) is 0 Å². The maximum atomic E-state index is 13.8. The number of anilines is 1. The minimum Gasteiger partial charge on any atom is -0.497 e. The van der Waals surface area contributed by atoms with Crippen LogP contribution in [0, 0.1) is 5.95 Å². The van der Waals surface area contributed by atoms with Crippen LogP contribution >= 0.6 is 27.5 Å². The second-order valence-corrected chi connectivity index (χ2v) is 6.12. The number of nitrogens with one attached hydrogen (secondary N) is 1. The highest BCUT2D eigenvalue weighted by Crippen LogP contribution is 2.36. The third kappa shape index (κ3) is 4.45. The summed E-state index contributed by atoms with van der Waals surface area (Å²) in [5.41, 5.74) is 1.54. The number of rotatable bonds is 7. The molecule has 0 saturated heterocycles. The molecule has 3 nitrogen and oxygen atoms in total. The van der Waals surface area contributed by atoms with Crippen molar-refractivity contribution >= 4 is 33.2 Å². The molecule has 0 aliphatic rings. The average molecular weight is 400 g/mol. The molecular formula is C17H17BrClFN2O. The Morgan fingerprint density at radius 2 is 2.13 bits per heavy atom. The van der Waals surface area contributed by atoms with Gasteiger partial charge in [0.05, 0.1) is 22.6 Å². The normalized spacial score (nSPS) is 11.8. The number of ether oxygens (including phenoxy) is 1. The molecule has 1 N–H and O–H groups in total. The fraction of sp³-hybridized carbons (Fsp3) is 0.235. The van der Waals surface area contributed by atoms with Crippen molar-refractivity contribution < 1.29 is 9.13 Å². The third-order valence-corrected chi connectivity index (χ3v) is 4.46. The van der Waals surface area contributed by atoms with Gasteiger partial charge in [-0.15, -0.1) is 6.58 Å². The molecule has 0 aliphatic carbocycles. The Bertz CT molecular complexity index is 679. The predicted octanol–water partition coefficient (Wildman–Crippen LogP) is 5.76. The zero-order valence-electron chi connectivity index (χ0n) is 12.7. The van der Waals surface area contributed by atoms with Crippen LogP contribution in [0.2, 0.25) is 5.02 Å². The first kappa shape index (κ1) is 17.8. The molecule has 0 bridgehead atoms. The number of pyridine rings is 1. The molecule has 1 aromatic heterocycles. The van der Waals surface area contributed by atoms with E-state index in [9.17, 15) is 4.39 Å². The van der Waals surface area contributed by atoms with Crippen LogP contribution in [0.1, 0.15) is 24.4 Å². The molecule has 6 heteroatoms. The molecule has 2 aromatic rings. The molecule has 0 amide bonds. The quantitative estimate of drug-likeness (QED) is 0.474. The lowest BCUT2D eigenvalue weighted by molar-refractivity contribution is 0.415. The Kier molecular flexibility index (Phi) is 6.42. The predicted molar refractivity (Wildman–Crippen MR) is 95.7 cm³/mol. The number of aromatic nitrogens is 1. The Labute approximate surface area is 148 Å². The van der Waals surface area contributed by atoms with Gasteiger partial charge in [0.2, 0.25) is 5.95 Å². The average Bonchev–Trinajstić information content (AvgIpc) is 2.56. The van der Waals surface area contributed by atoms with Gasteiger partial charge in [-0.05, 0) is 53.0 Å². The molecule has 0 unspecified atom stereocenters. The van der Waals surface area contributed by atoms with E-state index in [0.717, 1.165) is 24.3 Å². The van der Waals surface area contributed by atoms with Gasteiger partial charge in [0, 0.05) is 17.4 Å². The lowest BCUT2D eigenvalue weighted by atomic mass is 10.0. The van der Waals surface area contributed by atoms with Crippen LogP contribution in [0.3, 0.4) is 0 Å². The molecule has 0 fully saturated rings. The molecular weight excluding hydrogens is 383 g/mol. The second-order valence-electron chi connectivity index (χ2n) is 4.92. The molecule has 0 spiro atoms. The van der Waals surface area contributed by atoms with Crippen LogP contribution < -0.4 is 10.1 Å². The van der Waals surface area contributed by atoms with E-state index in [1.807, 2.05) is 30.3 Å². The van der Waals surface area contributed by atoms with Gasteiger partial charge < -0.3 is 10.1 Å². The summed E-state index contributed by atoms with van der Waals surface area (Å²) in [6.07, 6.45) is 4.63. The van der Waals surface area contributed by atoms with Crippen LogP contribution in [0.15, 0.2) is 47.6 Å². The fourth-order valence-electron chi connectivity index (χ4n) is 2.24. The molecule has 23 heavy (non-hydrogen) atoms. The summed E-state index contributed by atoms with van der Waals surface area (Å²) in [4.78, 5) is 3.62. The standard InChI is InChI=1S/C17H17BrClFN2O/c1-3-4-5-14(15-13(19)10-21-17(20)16(15)18)22-11-6-8-12(23-2)9-7-11/h3,6-10,14,22H,1,4-5H2,2H3/t14-/m1/s1. The maximum Gasteiger partial charge on any atom is 0.227 e. The van der Waals surface area contributed by atoms with Crippen molar-refractivity contribution in [3.05, 3.63) is 64.1 Å². The molecule has 0 radical (unpaired) electrons. The zero-order valence-corrected chi connectivity index (χ0v) is 15.0. The lowest BCUT2D eigenvalue weighted by Crippen LogP contribution is -2.13. The highest BCUT2D eigenvalue weighted by molar-refractivity contribution is 9.10. The van der Waals surface area contributed by atoms with E-state index in [4.69, 9.17) is 16.3 Å². The SMILES string of the molecule is C=CCC[C@@H](Nc1ccc(OC)cc1)c1c(Cl)cnc(F)c1Br. The first-order chi connectivity index (χ1) is 11.1. The monoisotopic (exact) mass is 398 g/mol. The molecule has 1 aromatic carbocycles. The Balaban J connectivity index is 2.33.